The Kier molecular flexibility index (Phi) is 4.60. The molecule has 6 nitrogen and oxygen atoms in total. The number of hydrogen-bond donors (Lipinski definition) is 2. The van der Waals surface area contributed by atoms with Crippen molar-refractivity contribution >= 4 is 23.7 Å². The fourth-order valence-electron chi connectivity index (χ4n) is 1.26. The Labute approximate surface area is 98.2 Å². The molecule has 16 heavy (non-hydrogen) atoms. The Morgan fingerprint density at radius 1 is 1.56 bits per heavy atom. The van der Waals surface area contributed by atoms with E-state index in [-0.39, 0.29) is 12.5 Å². The summed E-state index contributed by atoms with van der Waals surface area (Å²) in [6.45, 7) is 4.00. The van der Waals surface area contributed by atoms with E-state index in [0.29, 0.717) is 18.1 Å². The molecule has 1 rings (SSSR count). The zero-order valence-corrected chi connectivity index (χ0v) is 10.2. The lowest BCUT2D eigenvalue weighted by atomic mass is 10.3. The molecule has 0 aliphatic heterocycles. The summed E-state index contributed by atoms with van der Waals surface area (Å²) >= 11 is 1.48. The largest absolute Gasteiger partial charge is 0.481 e. The van der Waals surface area contributed by atoms with Crippen LogP contribution in [0.15, 0.2) is 5.16 Å². The van der Waals surface area contributed by atoms with E-state index in [1.165, 1.54) is 11.8 Å². The van der Waals surface area contributed by atoms with Crippen LogP contribution in [0.5, 0.6) is 0 Å². The lowest BCUT2D eigenvalue weighted by Crippen LogP contribution is -2.07. The first-order valence-electron chi connectivity index (χ1n) is 5.07. The average molecular weight is 244 g/mol. The average Bonchev–Trinajstić information content (AvgIpc) is 2.54. The Hall–Kier alpha value is -1.24. The van der Waals surface area contributed by atoms with Gasteiger partial charge < -0.3 is 10.8 Å². The molecule has 0 saturated heterocycles. The van der Waals surface area contributed by atoms with Crippen molar-refractivity contribution in [3.05, 3.63) is 0 Å². The highest BCUT2D eigenvalue weighted by Crippen LogP contribution is 2.23. The molecule has 0 amide bonds. The van der Waals surface area contributed by atoms with Gasteiger partial charge in [-0.2, -0.15) is 0 Å². The molecule has 7 heteroatoms. The zero-order valence-electron chi connectivity index (χ0n) is 9.38. The first-order valence-corrected chi connectivity index (χ1v) is 6.06. The number of rotatable bonds is 6. The quantitative estimate of drug-likeness (QED) is 0.580. The molecule has 0 atom stereocenters. The summed E-state index contributed by atoms with van der Waals surface area (Å²) in [7, 11) is 0. The van der Waals surface area contributed by atoms with Gasteiger partial charge in [0.1, 0.15) is 0 Å². The molecule has 1 aromatic heterocycles. The predicted octanol–water partition coefficient (Wildman–Crippen LogP) is 1.40. The maximum atomic E-state index is 10.3. The molecule has 0 radical (unpaired) electrons. The summed E-state index contributed by atoms with van der Waals surface area (Å²) in [5.74, 6) is 0.332. The van der Waals surface area contributed by atoms with Crippen LogP contribution in [0.3, 0.4) is 0 Å². The summed E-state index contributed by atoms with van der Waals surface area (Å²) in [6.07, 6.45) is 0.795. The van der Waals surface area contributed by atoms with Crippen LogP contribution in [0, 0.1) is 0 Å². The number of hydrogen-bond acceptors (Lipinski definition) is 5. The van der Waals surface area contributed by atoms with Gasteiger partial charge in [0.15, 0.2) is 5.16 Å². The maximum absolute atomic E-state index is 10.3. The van der Waals surface area contributed by atoms with Crippen molar-refractivity contribution in [1.29, 1.82) is 0 Å². The van der Waals surface area contributed by atoms with Crippen LogP contribution in [0.1, 0.15) is 32.7 Å². The number of carbonyl (C=O) groups is 1. The minimum Gasteiger partial charge on any atom is -0.481 e. The fourth-order valence-corrected chi connectivity index (χ4v) is 2.27. The van der Waals surface area contributed by atoms with Crippen LogP contribution in [0.25, 0.3) is 0 Å². The Morgan fingerprint density at radius 3 is 2.81 bits per heavy atom. The molecule has 0 bridgehead atoms. The SMILES string of the molecule is CC(C)n1c(N)nnc1SCCCC(=O)O. The van der Waals surface area contributed by atoms with Crippen LogP contribution in [-0.4, -0.2) is 31.6 Å². The minimum atomic E-state index is -0.773. The second-order valence-corrected chi connectivity index (χ2v) is 4.71. The molecular weight excluding hydrogens is 228 g/mol. The van der Waals surface area contributed by atoms with Crippen molar-refractivity contribution in [3.63, 3.8) is 0 Å². The van der Waals surface area contributed by atoms with Crippen molar-refractivity contribution in [1.82, 2.24) is 14.8 Å². The number of anilines is 1. The smallest absolute Gasteiger partial charge is 0.303 e. The molecule has 1 aromatic rings. The van der Waals surface area contributed by atoms with Gasteiger partial charge in [-0.25, -0.2) is 0 Å². The number of aromatic nitrogens is 3. The van der Waals surface area contributed by atoms with E-state index in [2.05, 4.69) is 10.2 Å². The third-order valence-electron chi connectivity index (χ3n) is 1.97. The third-order valence-corrected chi connectivity index (χ3v) is 3.00. The van der Waals surface area contributed by atoms with Crippen molar-refractivity contribution in [2.75, 3.05) is 11.5 Å². The molecule has 0 spiro atoms. The summed E-state index contributed by atoms with van der Waals surface area (Å²) in [4.78, 5) is 10.3. The van der Waals surface area contributed by atoms with E-state index in [1.54, 1.807) is 0 Å². The molecule has 0 aromatic carbocycles. The standard InChI is InChI=1S/C9H16N4O2S/c1-6(2)13-8(10)11-12-9(13)16-5-3-4-7(14)15/h6H,3-5H2,1-2H3,(H2,10,11)(H,14,15). The number of aliphatic carboxylic acids is 1. The first-order chi connectivity index (χ1) is 7.52. The highest BCUT2D eigenvalue weighted by Gasteiger charge is 2.12. The number of nitrogens with two attached hydrogens (primary N) is 1. The van der Waals surface area contributed by atoms with Gasteiger partial charge in [-0.05, 0) is 20.3 Å². The molecule has 90 valence electrons. The topological polar surface area (TPSA) is 94.0 Å². The highest BCUT2D eigenvalue weighted by molar-refractivity contribution is 7.99. The van der Waals surface area contributed by atoms with E-state index < -0.39 is 5.97 Å². The van der Waals surface area contributed by atoms with Crippen LogP contribution in [-0.2, 0) is 4.79 Å². The molecule has 0 aliphatic carbocycles. The number of carboxylic acid groups (broad SMARTS) is 1. The first kappa shape index (κ1) is 12.8. The highest BCUT2D eigenvalue weighted by atomic mass is 32.2. The molecular formula is C9H16N4O2S. The van der Waals surface area contributed by atoms with Gasteiger partial charge >= 0.3 is 5.97 Å². The lowest BCUT2D eigenvalue weighted by molar-refractivity contribution is -0.137. The summed E-state index contributed by atoms with van der Waals surface area (Å²) < 4.78 is 1.84. The van der Waals surface area contributed by atoms with Gasteiger partial charge in [0.2, 0.25) is 5.95 Å². The van der Waals surface area contributed by atoms with Gasteiger partial charge in [-0.15, -0.1) is 10.2 Å². The van der Waals surface area contributed by atoms with Crippen molar-refractivity contribution in [2.45, 2.75) is 37.9 Å². The fraction of sp³-hybridized carbons (Fsp3) is 0.667. The van der Waals surface area contributed by atoms with Gasteiger partial charge in [-0.3, -0.25) is 9.36 Å². The maximum Gasteiger partial charge on any atom is 0.303 e. The van der Waals surface area contributed by atoms with Gasteiger partial charge in [0, 0.05) is 18.2 Å². The normalized spacial score (nSPS) is 10.9. The predicted molar refractivity (Wildman–Crippen MR) is 62.4 cm³/mol. The molecule has 0 unspecified atom stereocenters. The van der Waals surface area contributed by atoms with Crippen molar-refractivity contribution in [2.24, 2.45) is 0 Å². The monoisotopic (exact) mass is 244 g/mol. The van der Waals surface area contributed by atoms with Gasteiger partial charge in [0.05, 0.1) is 0 Å². The molecule has 0 aliphatic rings. The summed E-state index contributed by atoms with van der Waals surface area (Å²) in [5, 5.41) is 17.0. The second kappa shape index (κ2) is 5.74. The van der Waals surface area contributed by atoms with E-state index in [4.69, 9.17) is 10.8 Å². The number of carboxylic acids is 1. The molecule has 0 saturated carbocycles. The molecule has 0 fully saturated rings. The van der Waals surface area contributed by atoms with E-state index in [1.807, 2.05) is 18.4 Å². The molecule has 3 N–H and O–H groups in total. The van der Waals surface area contributed by atoms with Crippen LogP contribution >= 0.6 is 11.8 Å². The lowest BCUT2D eigenvalue weighted by Gasteiger charge is -2.10. The minimum absolute atomic E-state index is 0.179. The van der Waals surface area contributed by atoms with Crippen molar-refractivity contribution < 1.29 is 9.90 Å². The van der Waals surface area contributed by atoms with Crippen molar-refractivity contribution in [3.8, 4) is 0 Å². The van der Waals surface area contributed by atoms with Gasteiger partial charge in [0.25, 0.3) is 0 Å². The summed E-state index contributed by atoms with van der Waals surface area (Å²) in [5.41, 5.74) is 5.68. The van der Waals surface area contributed by atoms with Crippen LogP contribution in [0.4, 0.5) is 5.95 Å². The van der Waals surface area contributed by atoms with Gasteiger partial charge in [-0.1, -0.05) is 11.8 Å². The van der Waals surface area contributed by atoms with E-state index in [0.717, 1.165) is 5.16 Å². The van der Waals surface area contributed by atoms with Crippen LogP contribution in [0.2, 0.25) is 0 Å². The Morgan fingerprint density at radius 2 is 2.25 bits per heavy atom. The number of nitrogens with zero attached hydrogens (tertiary/aromatic N) is 3. The third kappa shape index (κ3) is 3.41. The number of thioether (sulfide) groups is 1. The Balaban J connectivity index is 2.51. The Bertz CT molecular complexity index is 364. The zero-order chi connectivity index (χ0) is 12.1. The van der Waals surface area contributed by atoms with E-state index >= 15 is 0 Å². The second-order valence-electron chi connectivity index (χ2n) is 3.65. The van der Waals surface area contributed by atoms with E-state index in [9.17, 15) is 4.79 Å². The number of nitrogen functional groups attached to an aromatic ring is 1. The molecule has 1 heterocycles. The van der Waals surface area contributed by atoms with Crippen LogP contribution < -0.4 is 5.73 Å². The summed E-state index contributed by atoms with van der Waals surface area (Å²) in [6, 6.07) is 0.206.